The average molecular weight is 370 g/mol. The Bertz CT molecular complexity index is 992. The molecule has 0 aliphatic carbocycles. The summed E-state index contributed by atoms with van der Waals surface area (Å²) in [7, 11) is 0. The van der Waals surface area contributed by atoms with Crippen molar-refractivity contribution in [3.8, 4) is 0 Å². The maximum absolute atomic E-state index is 13.6. The molecule has 4 rings (SSSR count). The van der Waals surface area contributed by atoms with Crippen LogP contribution < -0.4 is 4.90 Å². The predicted molar refractivity (Wildman–Crippen MR) is 96.0 cm³/mol. The summed E-state index contributed by atoms with van der Waals surface area (Å²) in [6, 6.07) is 5.85. The van der Waals surface area contributed by atoms with E-state index in [9.17, 15) is 19.4 Å². The summed E-state index contributed by atoms with van der Waals surface area (Å²) in [6.07, 6.45) is 5.99. The van der Waals surface area contributed by atoms with Crippen LogP contribution >= 0.6 is 0 Å². The van der Waals surface area contributed by atoms with E-state index in [1.54, 1.807) is 36.9 Å². The molecule has 7 nitrogen and oxygen atoms in total. The Morgan fingerprint density at radius 1 is 1.37 bits per heavy atom. The Labute approximate surface area is 154 Å². The van der Waals surface area contributed by atoms with Gasteiger partial charge in [0.15, 0.2) is 5.65 Å². The number of hydrogen-bond donors (Lipinski definition) is 2. The number of imidazole rings is 1. The Balaban J connectivity index is 1.72. The molecule has 0 unspecified atom stereocenters. The van der Waals surface area contributed by atoms with E-state index in [0.717, 1.165) is 0 Å². The number of fused-ring (bicyclic) bond motifs is 1. The van der Waals surface area contributed by atoms with Crippen molar-refractivity contribution in [1.82, 2.24) is 14.4 Å². The van der Waals surface area contributed by atoms with Crippen LogP contribution in [0.1, 0.15) is 12.0 Å². The molecule has 2 N–H and O–H groups in total. The Kier molecular flexibility index (Phi) is 4.27. The zero-order chi connectivity index (χ0) is 19.0. The number of aromatic nitrogens is 3. The normalized spacial score (nSPS) is 22.9. The number of halogens is 1. The van der Waals surface area contributed by atoms with Crippen LogP contribution in [-0.4, -0.2) is 49.7 Å². The number of rotatable bonds is 4. The van der Waals surface area contributed by atoms with Crippen molar-refractivity contribution >= 4 is 17.4 Å². The molecule has 0 saturated carbocycles. The lowest BCUT2D eigenvalue weighted by Gasteiger charge is -2.44. The highest BCUT2D eigenvalue weighted by molar-refractivity contribution is 5.77. The number of carboxylic acid groups (broad SMARTS) is 1. The molecule has 1 saturated heterocycles. The van der Waals surface area contributed by atoms with Crippen molar-refractivity contribution in [2.75, 3.05) is 18.0 Å². The minimum atomic E-state index is -1.45. The molecule has 2 atom stereocenters. The molecule has 3 heterocycles. The Hall–Kier alpha value is -3.00. The van der Waals surface area contributed by atoms with Gasteiger partial charge in [0.25, 0.3) is 0 Å². The average Bonchev–Trinajstić information content (AvgIpc) is 3.12. The monoisotopic (exact) mass is 370 g/mol. The van der Waals surface area contributed by atoms with Crippen molar-refractivity contribution in [1.29, 1.82) is 0 Å². The summed E-state index contributed by atoms with van der Waals surface area (Å²) in [4.78, 5) is 22.5. The zero-order valence-electron chi connectivity index (χ0n) is 14.5. The molecule has 0 spiro atoms. The molecular weight excluding hydrogens is 351 g/mol. The van der Waals surface area contributed by atoms with Gasteiger partial charge in [-0.3, -0.25) is 14.2 Å². The van der Waals surface area contributed by atoms with E-state index in [1.165, 1.54) is 12.1 Å². The third kappa shape index (κ3) is 3.02. The van der Waals surface area contributed by atoms with Gasteiger partial charge in [-0.2, -0.15) is 0 Å². The number of anilines is 1. The quantitative estimate of drug-likeness (QED) is 0.727. The van der Waals surface area contributed by atoms with Gasteiger partial charge < -0.3 is 15.1 Å². The van der Waals surface area contributed by atoms with Gasteiger partial charge in [-0.15, -0.1) is 0 Å². The van der Waals surface area contributed by atoms with E-state index >= 15 is 0 Å². The fourth-order valence-corrected chi connectivity index (χ4v) is 3.82. The third-order valence-corrected chi connectivity index (χ3v) is 5.24. The van der Waals surface area contributed by atoms with Gasteiger partial charge in [0.05, 0.1) is 18.5 Å². The van der Waals surface area contributed by atoms with Crippen molar-refractivity contribution in [3.05, 3.63) is 60.4 Å². The van der Waals surface area contributed by atoms with Gasteiger partial charge in [0.2, 0.25) is 0 Å². The van der Waals surface area contributed by atoms with Crippen LogP contribution in [0.4, 0.5) is 10.2 Å². The van der Waals surface area contributed by atoms with E-state index in [4.69, 9.17) is 0 Å². The van der Waals surface area contributed by atoms with Gasteiger partial charge >= 0.3 is 5.97 Å². The number of aliphatic carboxylic acids is 1. The summed E-state index contributed by atoms with van der Waals surface area (Å²) in [5, 5.41) is 20.6. The van der Waals surface area contributed by atoms with Crippen molar-refractivity contribution in [2.45, 2.75) is 18.9 Å². The molecule has 0 radical (unpaired) electrons. The van der Waals surface area contributed by atoms with Gasteiger partial charge in [-0.25, -0.2) is 9.37 Å². The SMILES string of the molecule is O=C(O)[C@]1(Cc2cccc(F)c2)CN(c2cncc3nccn23)CC[C@@H]1O. The van der Waals surface area contributed by atoms with Crippen LogP contribution in [0, 0.1) is 11.2 Å². The molecule has 8 heteroatoms. The maximum atomic E-state index is 13.6. The second-order valence-electron chi connectivity index (χ2n) is 6.91. The summed E-state index contributed by atoms with van der Waals surface area (Å²) in [6.45, 7) is 0.567. The Morgan fingerprint density at radius 3 is 3.00 bits per heavy atom. The lowest BCUT2D eigenvalue weighted by Crippen LogP contribution is -2.57. The zero-order valence-corrected chi connectivity index (χ0v) is 14.5. The minimum Gasteiger partial charge on any atom is -0.481 e. The first-order chi connectivity index (χ1) is 13.0. The molecular formula is C19H19FN4O3. The molecule has 3 aromatic rings. The molecule has 1 aliphatic rings. The largest absolute Gasteiger partial charge is 0.481 e. The highest BCUT2D eigenvalue weighted by atomic mass is 19.1. The van der Waals surface area contributed by atoms with Crippen LogP contribution in [0.2, 0.25) is 0 Å². The molecule has 1 aliphatic heterocycles. The minimum absolute atomic E-state index is 0.0328. The van der Waals surface area contributed by atoms with Crippen LogP contribution in [0.25, 0.3) is 5.65 Å². The molecule has 1 aromatic carbocycles. The van der Waals surface area contributed by atoms with Crippen molar-refractivity contribution in [2.24, 2.45) is 5.41 Å². The highest BCUT2D eigenvalue weighted by Gasteiger charge is 2.49. The summed E-state index contributed by atoms with van der Waals surface area (Å²) in [5.41, 5.74) is -0.253. The predicted octanol–water partition coefficient (Wildman–Crippen LogP) is 1.75. The number of piperidine rings is 1. The number of nitrogens with zero attached hydrogens (tertiary/aromatic N) is 4. The first-order valence-corrected chi connectivity index (χ1v) is 8.67. The van der Waals surface area contributed by atoms with E-state index in [1.807, 2.05) is 9.30 Å². The van der Waals surface area contributed by atoms with Crippen LogP contribution in [0.15, 0.2) is 49.1 Å². The highest BCUT2D eigenvalue weighted by Crippen LogP contribution is 2.36. The first-order valence-electron chi connectivity index (χ1n) is 8.67. The van der Waals surface area contributed by atoms with E-state index in [2.05, 4.69) is 9.97 Å². The second kappa shape index (κ2) is 6.62. The van der Waals surface area contributed by atoms with Gasteiger partial charge in [0.1, 0.15) is 17.1 Å². The summed E-state index contributed by atoms with van der Waals surface area (Å²) < 4.78 is 15.4. The van der Waals surface area contributed by atoms with E-state index < -0.39 is 23.3 Å². The molecule has 0 amide bonds. The topological polar surface area (TPSA) is 91.0 Å². The first kappa shape index (κ1) is 17.4. The lowest BCUT2D eigenvalue weighted by atomic mass is 9.73. The Morgan fingerprint density at radius 2 is 2.22 bits per heavy atom. The fraction of sp³-hybridized carbons (Fsp3) is 0.316. The third-order valence-electron chi connectivity index (χ3n) is 5.24. The fourth-order valence-electron chi connectivity index (χ4n) is 3.82. The number of aliphatic hydroxyl groups is 1. The van der Waals surface area contributed by atoms with E-state index in [-0.39, 0.29) is 19.4 Å². The van der Waals surface area contributed by atoms with Crippen LogP contribution in [0.3, 0.4) is 0 Å². The smallest absolute Gasteiger partial charge is 0.314 e. The van der Waals surface area contributed by atoms with Crippen LogP contribution in [0.5, 0.6) is 0 Å². The maximum Gasteiger partial charge on any atom is 0.314 e. The number of carboxylic acids is 1. The van der Waals surface area contributed by atoms with Crippen molar-refractivity contribution in [3.63, 3.8) is 0 Å². The molecule has 2 aromatic heterocycles. The molecule has 140 valence electrons. The van der Waals surface area contributed by atoms with Gasteiger partial charge in [-0.1, -0.05) is 12.1 Å². The summed E-state index contributed by atoms with van der Waals surface area (Å²) >= 11 is 0. The number of hydrogen-bond acceptors (Lipinski definition) is 5. The second-order valence-corrected chi connectivity index (χ2v) is 6.91. The number of benzene rings is 1. The van der Waals surface area contributed by atoms with Gasteiger partial charge in [0, 0.05) is 25.5 Å². The van der Waals surface area contributed by atoms with Gasteiger partial charge in [-0.05, 0) is 30.5 Å². The number of carbonyl (C=O) groups is 1. The standard InChI is InChI=1S/C19H19FN4O3/c20-14-3-1-2-13(8-14)9-19(18(26)27)12-23(6-4-15(19)25)17-11-21-10-16-22-5-7-24(16)17/h1-3,5,7-8,10-11,15,25H,4,6,9,12H2,(H,26,27)/t15-,19+/m0/s1. The summed E-state index contributed by atoms with van der Waals surface area (Å²) in [5.74, 6) is -0.820. The lowest BCUT2D eigenvalue weighted by molar-refractivity contribution is -0.157. The van der Waals surface area contributed by atoms with E-state index in [0.29, 0.717) is 23.6 Å². The van der Waals surface area contributed by atoms with Crippen molar-refractivity contribution < 1.29 is 19.4 Å². The number of aliphatic hydroxyl groups excluding tert-OH is 1. The van der Waals surface area contributed by atoms with Crippen LogP contribution in [-0.2, 0) is 11.2 Å². The molecule has 1 fully saturated rings. The molecule has 0 bridgehead atoms. The molecule has 27 heavy (non-hydrogen) atoms.